The number of hydrogen-bond donors (Lipinski definition) is 1. The first kappa shape index (κ1) is 25.5. The van der Waals surface area contributed by atoms with E-state index in [9.17, 15) is 33.6 Å². The predicted molar refractivity (Wildman–Crippen MR) is 128 cm³/mol. The molecule has 1 saturated heterocycles. The summed E-state index contributed by atoms with van der Waals surface area (Å²) >= 11 is 0. The molecule has 2 atom stereocenters. The molecule has 4 rings (SSSR count). The zero-order valence-corrected chi connectivity index (χ0v) is 19.8. The number of amides is 2. The lowest BCUT2D eigenvalue weighted by Crippen LogP contribution is -2.57. The van der Waals surface area contributed by atoms with Crippen LogP contribution in [-0.4, -0.2) is 23.0 Å². The van der Waals surface area contributed by atoms with Crippen molar-refractivity contribution in [3.05, 3.63) is 89.5 Å². The zero-order chi connectivity index (χ0) is 27.0. The number of benzene rings is 3. The standard InChI is InChI=1S/C27H21F3N4O3/c1-3-25(2)26(36,20-5-4-6-23(15-20)37-27(28,29)30)34(22-13-9-19(17-32)10-14-22)24(35)33(25)21-11-7-18(16-31)8-12-21/h4-15,36H,3H2,1-2H3. The third-order valence-corrected chi connectivity index (χ3v) is 6.62. The number of carbonyl (C=O) groups excluding carboxylic acids is 1. The van der Waals surface area contributed by atoms with Crippen molar-refractivity contribution in [2.45, 2.75) is 37.9 Å². The van der Waals surface area contributed by atoms with Crippen molar-refractivity contribution < 1.29 is 27.8 Å². The van der Waals surface area contributed by atoms with Crippen molar-refractivity contribution in [3.8, 4) is 17.9 Å². The summed E-state index contributed by atoms with van der Waals surface area (Å²) in [6.07, 6.45) is -4.77. The highest BCUT2D eigenvalue weighted by Gasteiger charge is 2.65. The predicted octanol–water partition coefficient (Wildman–Crippen LogP) is 5.79. The van der Waals surface area contributed by atoms with Gasteiger partial charge in [0.05, 0.1) is 28.8 Å². The van der Waals surface area contributed by atoms with Crippen molar-refractivity contribution in [1.29, 1.82) is 10.5 Å². The molecule has 0 radical (unpaired) electrons. The highest BCUT2D eigenvalue weighted by atomic mass is 19.4. The van der Waals surface area contributed by atoms with Gasteiger partial charge in [-0.05, 0) is 74.0 Å². The van der Waals surface area contributed by atoms with Crippen molar-refractivity contribution in [2.75, 3.05) is 9.80 Å². The minimum absolute atomic E-state index is 0.00699. The van der Waals surface area contributed by atoms with Crippen LogP contribution < -0.4 is 14.5 Å². The van der Waals surface area contributed by atoms with E-state index in [1.165, 1.54) is 53.4 Å². The quantitative estimate of drug-likeness (QED) is 0.472. The maximum atomic E-state index is 14.0. The zero-order valence-electron chi connectivity index (χ0n) is 19.8. The topological polar surface area (TPSA) is 101 Å². The maximum Gasteiger partial charge on any atom is 0.573 e. The fourth-order valence-corrected chi connectivity index (χ4v) is 4.66. The number of aliphatic hydroxyl groups is 1. The van der Waals surface area contributed by atoms with Gasteiger partial charge in [-0.2, -0.15) is 10.5 Å². The summed E-state index contributed by atoms with van der Waals surface area (Å²) in [6, 6.07) is 20.3. The lowest BCUT2D eigenvalue weighted by molar-refractivity contribution is -0.274. The molecule has 1 heterocycles. The number of halogens is 3. The molecule has 37 heavy (non-hydrogen) atoms. The van der Waals surface area contributed by atoms with Gasteiger partial charge < -0.3 is 9.84 Å². The number of rotatable bonds is 5. The largest absolute Gasteiger partial charge is 0.573 e. The van der Waals surface area contributed by atoms with Crippen LogP contribution in [0.3, 0.4) is 0 Å². The molecule has 1 fully saturated rings. The summed E-state index contributed by atoms with van der Waals surface area (Å²) in [5.41, 5.74) is -2.29. The first-order valence-corrected chi connectivity index (χ1v) is 11.2. The second-order valence-electron chi connectivity index (χ2n) is 8.65. The smallest absolute Gasteiger partial charge is 0.406 e. The first-order valence-electron chi connectivity index (χ1n) is 11.2. The van der Waals surface area contributed by atoms with Crippen LogP contribution in [0.2, 0.25) is 0 Å². The normalized spacial score (nSPS) is 21.5. The summed E-state index contributed by atoms with van der Waals surface area (Å²) in [6.45, 7) is 3.37. The molecular weight excluding hydrogens is 485 g/mol. The van der Waals surface area contributed by atoms with Crippen LogP contribution in [0.4, 0.5) is 29.3 Å². The number of anilines is 2. The molecule has 3 aromatic rings. The Balaban J connectivity index is 1.96. The van der Waals surface area contributed by atoms with Gasteiger partial charge in [0.15, 0.2) is 5.72 Å². The number of nitrogens with zero attached hydrogens (tertiary/aromatic N) is 4. The van der Waals surface area contributed by atoms with Crippen LogP contribution in [0.1, 0.15) is 37.0 Å². The Morgan fingerprint density at radius 2 is 1.43 bits per heavy atom. The van der Waals surface area contributed by atoms with Crippen LogP contribution >= 0.6 is 0 Å². The highest BCUT2D eigenvalue weighted by Crippen LogP contribution is 2.52. The van der Waals surface area contributed by atoms with Crippen molar-refractivity contribution >= 4 is 17.4 Å². The third kappa shape index (κ3) is 4.22. The molecule has 2 unspecified atom stereocenters. The van der Waals surface area contributed by atoms with E-state index in [1.807, 2.05) is 12.1 Å². The van der Waals surface area contributed by atoms with Gasteiger partial charge in [0, 0.05) is 16.9 Å². The Kier molecular flexibility index (Phi) is 6.32. The molecule has 0 spiro atoms. The van der Waals surface area contributed by atoms with Crippen molar-refractivity contribution in [3.63, 3.8) is 0 Å². The minimum atomic E-state index is -4.96. The van der Waals surface area contributed by atoms with Gasteiger partial charge >= 0.3 is 12.4 Å². The van der Waals surface area contributed by atoms with Crippen LogP contribution in [0.15, 0.2) is 72.8 Å². The number of hydrogen-bond acceptors (Lipinski definition) is 5. The Morgan fingerprint density at radius 1 is 0.919 bits per heavy atom. The number of nitriles is 2. The van der Waals surface area contributed by atoms with Crippen molar-refractivity contribution in [1.82, 2.24) is 0 Å². The number of carbonyl (C=O) groups is 1. The lowest BCUT2D eigenvalue weighted by Gasteiger charge is -2.44. The number of ether oxygens (including phenoxy) is 1. The van der Waals surface area contributed by atoms with Gasteiger partial charge in [-0.15, -0.1) is 13.2 Å². The summed E-state index contributed by atoms with van der Waals surface area (Å²) in [5, 5.41) is 30.8. The monoisotopic (exact) mass is 506 g/mol. The molecule has 10 heteroatoms. The minimum Gasteiger partial charge on any atom is -0.406 e. The SMILES string of the molecule is CCC1(C)N(c2ccc(C#N)cc2)C(=O)N(c2ccc(C#N)cc2)C1(O)c1cccc(OC(F)(F)F)c1. The molecular formula is C27H21F3N4O3. The van der Waals surface area contributed by atoms with E-state index in [4.69, 9.17) is 0 Å². The maximum absolute atomic E-state index is 14.0. The molecule has 2 amide bonds. The van der Waals surface area contributed by atoms with E-state index in [0.717, 1.165) is 17.0 Å². The molecule has 1 N–H and O–H groups in total. The molecule has 7 nitrogen and oxygen atoms in total. The summed E-state index contributed by atoms with van der Waals surface area (Å²) in [7, 11) is 0. The van der Waals surface area contributed by atoms with E-state index in [-0.39, 0.29) is 17.7 Å². The fourth-order valence-electron chi connectivity index (χ4n) is 4.66. The van der Waals surface area contributed by atoms with Gasteiger partial charge in [0.2, 0.25) is 0 Å². The molecule has 0 aliphatic carbocycles. The van der Waals surface area contributed by atoms with E-state index >= 15 is 0 Å². The van der Waals surface area contributed by atoms with E-state index in [2.05, 4.69) is 4.74 Å². The Bertz CT molecular complexity index is 1410. The lowest BCUT2D eigenvalue weighted by atomic mass is 9.80. The number of alkyl halides is 3. The van der Waals surface area contributed by atoms with E-state index in [1.54, 1.807) is 26.0 Å². The third-order valence-electron chi connectivity index (χ3n) is 6.62. The van der Waals surface area contributed by atoms with Gasteiger partial charge in [-0.3, -0.25) is 9.80 Å². The molecule has 0 aromatic heterocycles. The second kappa shape index (κ2) is 9.16. The van der Waals surface area contributed by atoms with E-state index < -0.39 is 29.4 Å². The van der Waals surface area contributed by atoms with Crippen LogP contribution in [0.5, 0.6) is 5.75 Å². The second-order valence-corrected chi connectivity index (χ2v) is 8.65. The molecule has 3 aromatic carbocycles. The van der Waals surface area contributed by atoms with Crippen LogP contribution in [0.25, 0.3) is 0 Å². The molecule has 0 saturated carbocycles. The summed E-state index contributed by atoms with van der Waals surface area (Å²) in [4.78, 5) is 16.5. The molecule has 188 valence electrons. The summed E-state index contributed by atoms with van der Waals surface area (Å²) in [5.74, 6) is -0.555. The van der Waals surface area contributed by atoms with Crippen LogP contribution in [0, 0.1) is 22.7 Å². The summed E-state index contributed by atoms with van der Waals surface area (Å²) < 4.78 is 43.0. The van der Waals surface area contributed by atoms with Gasteiger partial charge in [-0.1, -0.05) is 19.1 Å². The molecule has 1 aliphatic heterocycles. The first-order chi connectivity index (χ1) is 17.5. The Hall–Kier alpha value is -4.54. The molecule has 0 bridgehead atoms. The van der Waals surface area contributed by atoms with Gasteiger partial charge in [-0.25, -0.2) is 4.79 Å². The highest BCUT2D eigenvalue weighted by molar-refractivity contribution is 6.09. The van der Waals surface area contributed by atoms with Crippen LogP contribution in [-0.2, 0) is 5.72 Å². The average Bonchev–Trinajstić information content (AvgIpc) is 3.06. The van der Waals surface area contributed by atoms with Crippen molar-refractivity contribution in [2.24, 2.45) is 0 Å². The average molecular weight is 506 g/mol. The Labute approximate surface area is 211 Å². The Morgan fingerprint density at radius 3 is 1.89 bits per heavy atom. The van der Waals surface area contributed by atoms with Gasteiger partial charge in [0.1, 0.15) is 5.75 Å². The van der Waals surface area contributed by atoms with E-state index in [0.29, 0.717) is 16.8 Å². The van der Waals surface area contributed by atoms with Gasteiger partial charge in [0.25, 0.3) is 0 Å². The number of urea groups is 1. The fraction of sp³-hybridized carbons (Fsp3) is 0.222. The molecule has 1 aliphatic rings.